The second-order valence-electron chi connectivity index (χ2n) is 26.1. The Morgan fingerprint density at radius 1 is 0.250 bits per heavy atom. The average Bonchev–Trinajstić information content (AvgIpc) is 0.706. The minimum atomic E-state index is 0.248. The zero-order valence-electron chi connectivity index (χ0n) is 55.8. The molecule has 15 aromatic rings. The topological polar surface area (TPSA) is 13.0 Å². The van der Waals surface area contributed by atoms with Gasteiger partial charge in [-0.25, -0.2) is 0 Å². The van der Waals surface area contributed by atoms with Crippen LogP contribution in [0.5, 0.6) is 0 Å². The summed E-state index contributed by atoms with van der Waals surface area (Å²) in [5.74, 6) is 0. The molecule has 478 valence electrons. The van der Waals surface area contributed by atoms with Gasteiger partial charge in [-0.15, -0.1) is 0 Å². The van der Waals surface area contributed by atoms with Crippen LogP contribution in [0, 0.1) is 0 Å². The summed E-state index contributed by atoms with van der Waals surface area (Å²) in [7, 11) is 0. The third-order valence-electron chi connectivity index (χ3n) is 20.0. The lowest BCUT2D eigenvalue weighted by atomic mass is 9.80. The van der Waals surface area contributed by atoms with Gasteiger partial charge in [0.15, 0.2) is 0 Å². The summed E-state index contributed by atoms with van der Waals surface area (Å²) in [5.41, 5.74) is 24.0. The smallest absolute Gasteiger partial charge is 0.0522 e. The fourth-order valence-electron chi connectivity index (χ4n) is 15.2. The van der Waals surface area contributed by atoms with Crippen molar-refractivity contribution in [2.45, 2.75) is 38.1 Å². The second-order valence-corrected chi connectivity index (χ2v) is 26.1. The predicted octanol–water partition coefficient (Wildman–Crippen LogP) is 27.0. The molecule has 0 saturated heterocycles. The minimum Gasteiger partial charge on any atom is -0.335 e. The SMILES string of the molecule is C1=CC(N(c2ccccc2)c2ccc(-c3cc(-c4ccccc4)c(-c4ccc(N(c5ccccc5)C5C=CCCC5)cc4)c4c5ccc(-c6ccc(N(c7ccccc7)c7ccccc7)cc6)cc5c5cc(-c6ccc(N(c7ccccc7)c7ccccc7)cc6)ccc5c34)cc2)=CCC1. The van der Waals surface area contributed by atoms with Gasteiger partial charge >= 0.3 is 0 Å². The highest BCUT2D eigenvalue weighted by molar-refractivity contribution is 6.33. The van der Waals surface area contributed by atoms with Gasteiger partial charge in [0.2, 0.25) is 0 Å². The number of hydrogen-bond acceptors (Lipinski definition) is 4. The number of anilines is 10. The molecule has 0 fully saturated rings. The molecule has 0 aromatic heterocycles. The molecule has 1 atom stereocenters. The van der Waals surface area contributed by atoms with Crippen LogP contribution >= 0.6 is 0 Å². The van der Waals surface area contributed by atoms with Crippen LogP contribution in [0.15, 0.2) is 388 Å². The molecule has 0 amide bonds. The third-order valence-corrected chi connectivity index (χ3v) is 20.0. The molecule has 0 radical (unpaired) electrons. The Balaban J connectivity index is 0.911. The molecular weight excluding hydrogens is 1210 g/mol. The highest BCUT2D eigenvalue weighted by Gasteiger charge is 2.26. The van der Waals surface area contributed by atoms with Crippen LogP contribution < -0.4 is 19.6 Å². The molecule has 2 aliphatic rings. The minimum absolute atomic E-state index is 0.248. The predicted molar refractivity (Wildman–Crippen MR) is 426 cm³/mol. The first kappa shape index (κ1) is 61.1. The van der Waals surface area contributed by atoms with Crippen LogP contribution in [0.25, 0.3) is 88.0 Å². The van der Waals surface area contributed by atoms with Gasteiger partial charge < -0.3 is 19.6 Å². The lowest BCUT2D eigenvalue weighted by molar-refractivity contribution is 0.631. The van der Waals surface area contributed by atoms with Crippen molar-refractivity contribution in [3.63, 3.8) is 0 Å². The molecule has 0 heterocycles. The van der Waals surface area contributed by atoms with Crippen molar-refractivity contribution in [3.8, 4) is 55.6 Å². The van der Waals surface area contributed by atoms with E-state index in [4.69, 9.17) is 0 Å². The number of rotatable bonds is 17. The van der Waals surface area contributed by atoms with Gasteiger partial charge in [-0.3, -0.25) is 0 Å². The number of para-hydroxylation sites is 6. The van der Waals surface area contributed by atoms with Crippen molar-refractivity contribution in [1.82, 2.24) is 0 Å². The van der Waals surface area contributed by atoms with Gasteiger partial charge in [-0.05, 0) is 266 Å². The van der Waals surface area contributed by atoms with Gasteiger partial charge in [0, 0.05) is 62.6 Å². The van der Waals surface area contributed by atoms with Crippen LogP contribution in [0.4, 0.5) is 56.9 Å². The van der Waals surface area contributed by atoms with E-state index < -0.39 is 0 Å². The second kappa shape index (κ2) is 27.6. The maximum Gasteiger partial charge on any atom is 0.0522 e. The van der Waals surface area contributed by atoms with Crippen LogP contribution in [0.2, 0.25) is 0 Å². The molecular formula is C96H74N4. The molecule has 0 bridgehead atoms. The Morgan fingerprint density at radius 3 is 1.07 bits per heavy atom. The van der Waals surface area contributed by atoms with Gasteiger partial charge in [0.1, 0.15) is 0 Å². The van der Waals surface area contributed by atoms with E-state index >= 15 is 0 Å². The van der Waals surface area contributed by atoms with Crippen molar-refractivity contribution in [2.75, 3.05) is 19.6 Å². The Morgan fingerprint density at radius 2 is 0.620 bits per heavy atom. The van der Waals surface area contributed by atoms with Gasteiger partial charge in [0.05, 0.1) is 6.04 Å². The lowest BCUT2D eigenvalue weighted by Crippen LogP contribution is -2.30. The van der Waals surface area contributed by atoms with E-state index in [-0.39, 0.29) is 6.04 Å². The zero-order chi connectivity index (χ0) is 66.6. The third kappa shape index (κ3) is 12.0. The van der Waals surface area contributed by atoms with Crippen molar-refractivity contribution in [2.24, 2.45) is 0 Å². The first-order valence-electron chi connectivity index (χ1n) is 35.1. The normalized spacial score (nSPS) is 13.5. The summed E-state index contributed by atoms with van der Waals surface area (Å²) in [6, 6.07) is 130. The summed E-state index contributed by atoms with van der Waals surface area (Å²) in [6.45, 7) is 0. The van der Waals surface area contributed by atoms with E-state index in [0.717, 1.165) is 117 Å². The summed E-state index contributed by atoms with van der Waals surface area (Å²) < 4.78 is 0. The van der Waals surface area contributed by atoms with Crippen molar-refractivity contribution < 1.29 is 0 Å². The standard InChI is InChI=1S/C96H74N4/c1-10-28-71(29-11-1)90-68-91(72-50-60-86(61-51-72)99(80-38-20-6-21-39-80)81-40-22-7-23-41-81)95-88-64-54-74(69-46-56-84(57-47-69)97(76-30-12-2-13-31-76)77-32-14-3-15-33-77)66-92(88)93-67-75(70-48-58-85(59-49-70)98(78-34-16-4-17-35-78)79-36-18-5-19-37-79)55-65-89(93)96(95)94(90)73-52-62-87(63-53-73)100(82-42-24-8-25-43-82)83-44-26-9-27-45-83/h1-6,8,10-22,24-26,28-44,46-68,83H,7,9,23,27,45H2. The highest BCUT2D eigenvalue weighted by Crippen LogP contribution is 2.52. The quantitative estimate of drug-likeness (QED) is 0.0665. The van der Waals surface area contributed by atoms with Gasteiger partial charge in [-0.1, -0.05) is 237 Å². The van der Waals surface area contributed by atoms with Crippen molar-refractivity contribution in [3.05, 3.63) is 388 Å². The Labute approximate surface area is 586 Å². The molecule has 15 aromatic carbocycles. The number of fused-ring (bicyclic) bond motifs is 6. The Bertz CT molecular complexity index is 5370. The molecule has 0 spiro atoms. The largest absolute Gasteiger partial charge is 0.335 e. The summed E-state index contributed by atoms with van der Waals surface area (Å²) in [4.78, 5) is 9.60. The number of nitrogens with zero attached hydrogens (tertiary/aromatic N) is 4. The van der Waals surface area contributed by atoms with Crippen LogP contribution in [0.1, 0.15) is 32.1 Å². The molecule has 1 unspecified atom stereocenters. The lowest BCUT2D eigenvalue weighted by Gasteiger charge is -2.34. The maximum atomic E-state index is 2.54. The Kier molecular flexibility index (Phi) is 16.8. The molecule has 17 rings (SSSR count). The van der Waals surface area contributed by atoms with E-state index in [9.17, 15) is 0 Å². The Hall–Kier alpha value is -12.5. The zero-order valence-corrected chi connectivity index (χ0v) is 55.8. The van der Waals surface area contributed by atoms with E-state index in [1.807, 2.05) is 0 Å². The molecule has 0 N–H and O–H groups in total. The van der Waals surface area contributed by atoms with E-state index in [0.29, 0.717) is 0 Å². The maximum absolute atomic E-state index is 2.54. The van der Waals surface area contributed by atoms with Gasteiger partial charge in [0.25, 0.3) is 0 Å². The summed E-state index contributed by atoms with van der Waals surface area (Å²) in [5, 5.41) is 7.19. The number of hydrogen-bond donors (Lipinski definition) is 0. The molecule has 0 saturated carbocycles. The molecule has 4 heteroatoms. The van der Waals surface area contributed by atoms with Crippen LogP contribution in [-0.4, -0.2) is 6.04 Å². The van der Waals surface area contributed by atoms with Gasteiger partial charge in [-0.2, -0.15) is 0 Å². The van der Waals surface area contributed by atoms with Crippen molar-refractivity contribution >= 4 is 89.2 Å². The molecule has 100 heavy (non-hydrogen) atoms. The fourth-order valence-corrected chi connectivity index (χ4v) is 15.2. The summed E-state index contributed by atoms with van der Waals surface area (Å²) >= 11 is 0. The highest BCUT2D eigenvalue weighted by atomic mass is 15.2. The first-order valence-corrected chi connectivity index (χ1v) is 35.1. The van der Waals surface area contributed by atoms with Crippen LogP contribution in [-0.2, 0) is 0 Å². The molecule has 0 aliphatic heterocycles. The van der Waals surface area contributed by atoms with E-state index in [2.05, 4.69) is 402 Å². The summed E-state index contributed by atoms with van der Waals surface area (Å²) in [6.07, 6.45) is 17.1. The number of allylic oxidation sites excluding steroid dienone is 4. The van der Waals surface area contributed by atoms with E-state index in [1.165, 1.54) is 66.1 Å². The van der Waals surface area contributed by atoms with Crippen molar-refractivity contribution in [1.29, 1.82) is 0 Å². The van der Waals surface area contributed by atoms with E-state index in [1.54, 1.807) is 0 Å². The average molecular weight is 1280 g/mol. The first-order chi connectivity index (χ1) is 49.6. The monoisotopic (exact) mass is 1280 g/mol. The molecule has 2 aliphatic carbocycles. The number of benzene rings is 15. The van der Waals surface area contributed by atoms with Crippen LogP contribution in [0.3, 0.4) is 0 Å². The fraction of sp³-hybridized carbons (Fsp3) is 0.0625. The molecule has 4 nitrogen and oxygen atoms in total.